The fourth-order valence-corrected chi connectivity index (χ4v) is 3.27. The molecule has 2 aromatic rings. The number of nitrogens with one attached hydrogen (secondary N) is 1. The number of imidazole rings is 1. The summed E-state index contributed by atoms with van der Waals surface area (Å²) in [7, 11) is 0. The third kappa shape index (κ3) is 3.77. The van der Waals surface area contributed by atoms with E-state index in [4.69, 9.17) is 4.98 Å². The van der Waals surface area contributed by atoms with Crippen LogP contribution in [0.1, 0.15) is 46.7 Å². The molecule has 0 aliphatic heterocycles. The molecule has 0 amide bonds. The van der Waals surface area contributed by atoms with Gasteiger partial charge in [0.05, 0.1) is 5.69 Å². The van der Waals surface area contributed by atoms with E-state index in [1.807, 2.05) is 0 Å². The van der Waals surface area contributed by atoms with Gasteiger partial charge in [0.2, 0.25) is 0 Å². The molecule has 0 radical (unpaired) electrons. The standard InChI is InChI=1S/C16H28N4S/c1-6-7-19(13(4)5)15-14(11-17-10-12(2)3)20-8-9-21-16(20)18-15/h8-9,12-13,17H,6-7,10-11H2,1-5H3. The third-order valence-electron chi connectivity index (χ3n) is 3.54. The number of hydrogen-bond acceptors (Lipinski definition) is 4. The van der Waals surface area contributed by atoms with E-state index in [0.29, 0.717) is 12.0 Å². The third-order valence-corrected chi connectivity index (χ3v) is 4.30. The monoisotopic (exact) mass is 308 g/mol. The molecule has 2 aromatic heterocycles. The Morgan fingerprint density at radius 2 is 2.10 bits per heavy atom. The van der Waals surface area contributed by atoms with Crippen LogP contribution >= 0.6 is 11.3 Å². The SMILES string of the molecule is CCCN(c1nc2sccn2c1CNCC(C)C)C(C)C. The summed E-state index contributed by atoms with van der Waals surface area (Å²) >= 11 is 1.71. The zero-order valence-corrected chi connectivity index (χ0v) is 14.7. The predicted molar refractivity (Wildman–Crippen MR) is 92.4 cm³/mol. The van der Waals surface area contributed by atoms with Crippen LogP contribution in [0.5, 0.6) is 0 Å². The number of anilines is 1. The minimum Gasteiger partial charge on any atom is -0.353 e. The van der Waals surface area contributed by atoms with E-state index in [1.165, 1.54) is 5.69 Å². The normalized spacial score (nSPS) is 12.0. The van der Waals surface area contributed by atoms with Gasteiger partial charge in [0.1, 0.15) is 0 Å². The Morgan fingerprint density at radius 1 is 1.33 bits per heavy atom. The molecule has 0 spiro atoms. The van der Waals surface area contributed by atoms with Gasteiger partial charge in [-0.3, -0.25) is 4.40 Å². The Kier molecular flexibility index (Phi) is 5.65. The minimum atomic E-state index is 0.471. The molecular formula is C16H28N4S. The molecule has 0 saturated heterocycles. The van der Waals surface area contributed by atoms with Crippen LogP contribution in [-0.2, 0) is 6.54 Å². The number of fused-ring (bicyclic) bond motifs is 1. The number of nitrogens with zero attached hydrogens (tertiary/aromatic N) is 3. The Bertz CT molecular complexity index is 556. The molecule has 0 saturated carbocycles. The van der Waals surface area contributed by atoms with Gasteiger partial charge in [-0.2, -0.15) is 0 Å². The van der Waals surface area contributed by atoms with Gasteiger partial charge in [-0.25, -0.2) is 4.98 Å². The van der Waals surface area contributed by atoms with Gasteiger partial charge in [-0.1, -0.05) is 20.8 Å². The van der Waals surface area contributed by atoms with Crippen molar-refractivity contribution in [1.82, 2.24) is 14.7 Å². The second kappa shape index (κ2) is 7.27. The van der Waals surface area contributed by atoms with Crippen molar-refractivity contribution < 1.29 is 0 Å². The molecule has 0 atom stereocenters. The van der Waals surface area contributed by atoms with Crippen LogP contribution < -0.4 is 10.2 Å². The fourth-order valence-electron chi connectivity index (χ4n) is 2.54. The lowest BCUT2D eigenvalue weighted by Gasteiger charge is -2.27. The van der Waals surface area contributed by atoms with Gasteiger partial charge < -0.3 is 10.2 Å². The summed E-state index contributed by atoms with van der Waals surface area (Å²) < 4.78 is 2.23. The predicted octanol–water partition coefficient (Wildman–Crippen LogP) is 3.77. The zero-order chi connectivity index (χ0) is 15.4. The lowest BCUT2D eigenvalue weighted by molar-refractivity contribution is 0.545. The molecule has 0 aliphatic carbocycles. The first-order chi connectivity index (χ1) is 10.0. The highest BCUT2D eigenvalue weighted by Crippen LogP contribution is 2.26. The highest BCUT2D eigenvalue weighted by molar-refractivity contribution is 7.15. The molecule has 0 unspecified atom stereocenters. The second-order valence-electron chi connectivity index (χ2n) is 6.25. The van der Waals surface area contributed by atoms with E-state index < -0.39 is 0 Å². The van der Waals surface area contributed by atoms with Crippen LogP contribution in [0.4, 0.5) is 5.82 Å². The lowest BCUT2D eigenvalue weighted by Crippen LogP contribution is -2.33. The van der Waals surface area contributed by atoms with Crippen LogP contribution in [0, 0.1) is 5.92 Å². The first kappa shape index (κ1) is 16.3. The Labute approximate surface area is 132 Å². The molecule has 2 heterocycles. The van der Waals surface area contributed by atoms with E-state index in [0.717, 1.165) is 36.8 Å². The van der Waals surface area contributed by atoms with Crippen LogP contribution in [0.15, 0.2) is 11.6 Å². The van der Waals surface area contributed by atoms with Crippen molar-refractivity contribution >= 4 is 22.1 Å². The molecule has 21 heavy (non-hydrogen) atoms. The summed E-state index contributed by atoms with van der Waals surface area (Å²) in [6, 6.07) is 0.471. The first-order valence-electron chi connectivity index (χ1n) is 7.96. The average Bonchev–Trinajstić information content (AvgIpc) is 2.97. The van der Waals surface area contributed by atoms with Crippen molar-refractivity contribution in [3.8, 4) is 0 Å². The van der Waals surface area contributed by atoms with Crippen molar-refractivity contribution in [3.05, 3.63) is 17.3 Å². The minimum absolute atomic E-state index is 0.471. The molecule has 1 N–H and O–H groups in total. The summed E-state index contributed by atoms with van der Waals surface area (Å²) in [6.07, 6.45) is 3.27. The van der Waals surface area contributed by atoms with Gasteiger partial charge in [-0.15, -0.1) is 11.3 Å². The van der Waals surface area contributed by atoms with Crippen LogP contribution in [0.3, 0.4) is 0 Å². The second-order valence-corrected chi connectivity index (χ2v) is 7.12. The molecule has 0 aliphatic rings. The highest BCUT2D eigenvalue weighted by atomic mass is 32.1. The Morgan fingerprint density at radius 3 is 2.71 bits per heavy atom. The Hall–Kier alpha value is -1.07. The van der Waals surface area contributed by atoms with E-state index in [-0.39, 0.29) is 0 Å². The molecule has 4 nitrogen and oxygen atoms in total. The first-order valence-corrected chi connectivity index (χ1v) is 8.84. The summed E-state index contributed by atoms with van der Waals surface area (Å²) in [5.41, 5.74) is 1.29. The van der Waals surface area contributed by atoms with Crippen molar-refractivity contribution in [1.29, 1.82) is 0 Å². The molecule has 5 heteroatoms. The van der Waals surface area contributed by atoms with Gasteiger partial charge in [-0.05, 0) is 32.7 Å². The van der Waals surface area contributed by atoms with Crippen molar-refractivity contribution in [2.24, 2.45) is 5.92 Å². The summed E-state index contributed by atoms with van der Waals surface area (Å²) in [4.78, 5) is 8.39. The van der Waals surface area contributed by atoms with Gasteiger partial charge in [0.25, 0.3) is 0 Å². The smallest absolute Gasteiger partial charge is 0.195 e. The lowest BCUT2D eigenvalue weighted by atomic mass is 10.2. The van der Waals surface area contributed by atoms with E-state index >= 15 is 0 Å². The highest BCUT2D eigenvalue weighted by Gasteiger charge is 2.20. The summed E-state index contributed by atoms with van der Waals surface area (Å²) in [5.74, 6) is 1.81. The number of thiazole rings is 1. The quantitative estimate of drug-likeness (QED) is 0.806. The number of hydrogen-bond donors (Lipinski definition) is 1. The maximum atomic E-state index is 4.88. The zero-order valence-electron chi connectivity index (χ0n) is 13.9. The van der Waals surface area contributed by atoms with E-state index in [1.54, 1.807) is 11.3 Å². The van der Waals surface area contributed by atoms with Crippen molar-refractivity contribution in [2.75, 3.05) is 18.0 Å². The summed E-state index contributed by atoms with van der Waals surface area (Å²) in [5, 5.41) is 5.67. The molecule has 0 bridgehead atoms. The van der Waals surface area contributed by atoms with E-state index in [9.17, 15) is 0 Å². The van der Waals surface area contributed by atoms with E-state index in [2.05, 4.69) is 60.8 Å². The van der Waals surface area contributed by atoms with Crippen LogP contribution in [0.25, 0.3) is 4.96 Å². The number of aromatic nitrogens is 2. The largest absolute Gasteiger partial charge is 0.353 e. The fraction of sp³-hybridized carbons (Fsp3) is 0.688. The van der Waals surface area contributed by atoms with Gasteiger partial charge >= 0.3 is 0 Å². The molecule has 118 valence electrons. The molecule has 0 aromatic carbocycles. The van der Waals surface area contributed by atoms with Gasteiger partial charge in [0, 0.05) is 30.7 Å². The van der Waals surface area contributed by atoms with Crippen LogP contribution in [-0.4, -0.2) is 28.5 Å². The molecule has 2 rings (SSSR count). The topological polar surface area (TPSA) is 32.6 Å². The maximum Gasteiger partial charge on any atom is 0.195 e. The van der Waals surface area contributed by atoms with Crippen LogP contribution in [0.2, 0.25) is 0 Å². The average molecular weight is 308 g/mol. The van der Waals surface area contributed by atoms with Crippen molar-refractivity contribution in [2.45, 2.75) is 53.6 Å². The Balaban J connectivity index is 2.30. The maximum absolute atomic E-state index is 4.88. The molecular weight excluding hydrogens is 280 g/mol. The summed E-state index contributed by atoms with van der Waals surface area (Å²) in [6.45, 7) is 14.2. The van der Waals surface area contributed by atoms with Gasteiger partial charge in [0.15, 0.2) is 10.8 Å². The van der Waals surface area contributed by atoms with Crippen molar-refractivity contribution in [3.63, 3.8) is 0 Å². The number of rotatable bonds is 8. The molecule has 0 fully saturated rings.